The Morgan fingerprint density at radius 1 is 1.22 bits per heavy atom. The topological polar surface area (TPSA) is 38.3 Å². The van der Waals surface area contributed by atoms with Gasteiger partial charge in [-0.15, -0.1) is 0 Å². The average molecular weight is 309 g/mol. The highest BCUT2D eigenvalue weighted by molar-refractivity contribution is 5.81. The van der Waals surface area contributed by atoms with Crippen molar-refractivity contribution in [2.75, 3.05) is 0 Å². The summed E-state index contributed by atoms with van der Waals surface area (Å²) in [5, 5.41) is 3.15. The first-order valence-corrected chi connectivity index (χ1v) is 8.25. The third-order valence-corrected chi connectivity index (χ3v) is 4.36. The molecular formula is C20H23NO2. The quantitative estimate of drug-likeness (QED) is 0.928. The smallest absolute Gasteiger partial charge is 0.261 e. The van der Waals surface area contributed by atoms with Crippen LogP contribution in [0.15, 0.2) is 48.5 Å². The van der Waals surface area contributed by atoms with E-state index in [1.54, 1.807) is 6.92 Å². The first kappa shape index (κ1) is 15.6. The highest BCUT2D eigenvalue weighted by Gasteiger charge is 2.24. The number of ether oxygens (including phenoxy) is 1. The summed E-state index contributed by atoms with van der Waals surface area (Å²) < 4.78 is 5.77. The third kappa shape index (κ3) is 3.73. The van der Waals surface area contributed by atoms with E-state index in [0.717, 1.165) is 30.6 Å². The normalized spacial score (nSPS) is 17.9. The minimum Gasteiger partial charge on any atom is -0.481 e. The SMILES string of the molecule is Cc1cccc(O[C@@H](C)C(=O)N[C@H]2CCCc3ccccc32)c1. The third-order valence-electron chi connectivity index (χ3n) is 4.36. The summed E-state index contributed by atoms with van der Waals surface area (Å²) in [6.45, 7) is 3.81. The molecule has 3 rings (SSSR count). The number of nitrogens with one attached hydrogen (secondary N) is 1. The molecule has 2 aromatic carbocycles. The Morgan fingerprint density at radius 2 is 2.04 bits per heavy atom. The molecule has 0 aromatic heterocycles. The summed E-state index contributed by atoms with van der Waals surface area (Å²) >= 11 is 0. The molecule has 1 amide bonds. The molecular weight excluding hydrogens is 286 g/mol. The number of aryl methyl sites for hydroxylation is 2. The second-order valence-corrected chi connectivity index (χ2v) is 6.23. The molecule has 0 radical (unpaired) electrons. The van der Waals surface area contributed by atoms with Gasteiger partial charge in [0.15, 0.2) is 6.10 Å². The van der Waals surface area contributed by atoms with E-state index < -0.39 is 6.10 Å². The Balaban J connectivity index is 1.65. The van der Waals surface area contributed by atoms with E-state index in [4.69, 9.17) is 4.74 Å². The van der Waals surface area contributed by atoms with Gasteiger partial charge in [0.1, 0.15) is 5.75 Å². The van der Waals surface area contributed by atoms with Crippen LogP contribution in [0.25, 0.3) is 0 Å². The Bertz CT molecular complexity index is 696. The van der Waals surface area contributed by atoms with E-state index >= 15 is 0 Å². The molecule has 0 saturated carbocycles. The fourth-order valence-corrected chi connectivity index (χ4v) is 3.14. The summed E-state index contributed by atoms with van der Waals surface area (Å²) in [4.78, 5) is 12.5. The van der Waals surface area contributed by atoms with Gasteiger partial charge in [-0.2, -0.15) is 0 Å². The molecule has 1 N–H and O–H groups in total. The van der Waals surface area contributed by atoms with Gasteiger partial charge in [-0.3, -0.25) is 4.79 Å². The van der Waals surface area contributed by atoms with Gasteiger partial charge in [0.2, 0.25) is 0 Å². The molecule has 3 nitrogen and oxygen atoms in total. The van der Waals surface area contributed by atoms with E-state index in [0.29, 0.717) is 0 Å². The summed E-state index contributed by atoms with van der Waals surface area (Å²) in [6, 6.07) is 16.2. The van der Waals surface area contributed by atoms with Crippen molar-refractivity contribution in [3.8, 4) is 5.75 Å². The van der Waals surface area contributed by atoms with Gasteiger partial charge >= 0.3 is 0 Å². The maximum absolute atomic E-state index is 12.5. The number of fused-ring (bicyclic) bond motifs is 1. The molecule has 23 heavy (non-hydrogen) atoms. The lowest BCUT2D eigenvalue weighted by atomic mass is 9.87. The van der Waals surface area contributed by atoms with Crippen LogP contribution in [0.3, 0.4) is 0 Å². The van der Waals surface area contributed by atoms with Crippen LogP contribution < -0.4 is 10.1 Å². The van der Waals surface area contributed by atoms with Gasteiger partial charge in [-0.25, -0.2) is 0 Å². The van der Waals surface area contributed by atoms with Crippen LogP contribution in [-0.4, -0.2) is 12.0 Å². The number of carbonyl (C=O) groups excluding carboxylic acids is 1. The van der Waals surface area contributed by atoms with Crippen LogP contribution in [0.1, 0.15) is 42.5 Å². The van der Waals surface area contributed by atoms with Gasteiger partial charge in [0.05, 0.1) is 6.04 Å². The molecule has 0 bridgehead atoms. The molecule has 0 heterocycles. The van der Waals surface area contributed by atoms with Crippen molar-refractivity contribution >= 4 is 5.91 Å². The zero-order chi connectivity index (χ0) is 16.2. The Morgan fingerprint density at radius 3 is 2.87 bits per heavy atom. The highest BCUT2D eigenvalue weighted by Crippen LogP contribution is 2.29. The zero-order valence-electron chi connectivity index (χ0n) is 13.7. The standard InChI is InChI=1S/C20H23NO2/c1-14-7-5-10-17(13-14)23-15(2)20(22)21-19-12-6-9-16-8-3-4-11-18(16)19/h3-5,7-8,10-11,13,15,19H,6,9,12H2,1-2H3,(H,21,22)/t15-,19-/m0/s1. The van der Waals surface area contributed by atoms with E-state index in [1.165, 1.54) is 11.1 Å². The lowest BCUT2D eigenvalue weighted by Crippen LogP contribution is -2.39. The van der Waals surface area contributed by atoms with Crippen molar-refractivity contribution in [2.45, 2.75) is 45.3 Å². The summed E-state index contributed by atoms with van der Waals surface area (Å²) in [7, 11) is 0. The Kier molecular flexibility index (Phi) is 4.65. The minimum absolute atomic E-state index is 0.0618. The molecule has 3 heteroatoms. The molecule has 2 atom stereocenters. The molecule has 1 aliphatic carbocycles. The van der Waals surface area contributed by atoms with Crippen molar-refractivity contribution in [1.29, 1.82) is 0 Å². The second-order valence-electron chi connectivity index (χ2n) is 6.23. The van der Waals surface area contributed by atoms with Gasteiger partial charge in [-0.05, 0) is 61.9 Å². The Hall–Kier alpha value is -2.29. The van der Waals surface area contributed by atoms with Gasteiger partial charge < -0.3 is 10.1 Å². The van der Waals surface area contributed by atoms with Crippen LogP contribution in [0.2, 0.25) is 0 Å². The van der Waals surface area contributed by atoms with Crippen LogP contribution in [0.5, 0.6) is 5.75 Å². The predicted molar refractivity (Wildman–Crippen MR) is 91.5 cm³/mol. The number of hydrogen-bond acceptors (Lipinski definition) is 2. The average Bonchev–Trinajstić information content (AvgIpc) is 2.55. The lowest BCUT2D eigenvalue weighted by molar-refractivity contribution is -0.128. The van der Waals surface area contributed by atoms with Crippen molar-refractivity contribution in [3.63, 3.8) is 0 Å². The fraction of sp³-hybridized carbons (Fsp3) is 0.350. The van der Waals surface area contributed by atoms with Gasteiger partial charge in [0, 0.05) is 0 Å². The minimum atomic E-state index is -0.508. The van der Waals surface area contributed by atoms with Gasteiger partial charge in [0.25, 0.3) is 5.91 Å². The number of rotatable bonds is 4. The molecule has 0 aliphatic heterocycles. The summed E-state index contributed by atoms with van der Waals surface area (Å²) in [6.07, 6.45) is 2.68. The van der Waals surface area contributed by atoms with Crippen molar-refractivity contribution in [1.82, 2.24) is 5.32 Å². The van der Waals surface area contributed by atoms with E-state index in [2.05, 4.69) is 23.5 Å². The van der Waals surface area contributed by atoms with E-state index in [9.17, 15) is 4.79 Å². The number of hydrogen-bond donors (Lipinski definition) is 1. The van der Waals surface area contributed by atoms with E-state index in [1.807, 2.05) is 37.3 Å². The predicted octanol–water partition coefficient (Wildman–Crippen LogP) is 3.96. The van der Waals surface area contributed by atoms with Crippen LogP contribution in [0.4, 0.5) is 0 Å². The number of amides is 1. The zero-order valence-corrected chi connectivity index (χ0v) is 13.7. The first-order chi connectivity index (χ1) is 11.1. The molecule has 0 spiro atoms. The second kappa shape index (κ2) is 6.86. The Labute approximate surface area is 137 Å². The first-order valence-electron chi connectivity index (χ1n) is 8.25. The fourth-order valence-electron chi connectivity index (χ4n) is 3.14. The van der Waals surface area contributed by atoms with Crippen LogP contribution in [-0.2, 0) is 11.2 Å². The van der Waals surface area contributed by atoms with Crippen LogP contribution in [0, 0.1) is 6.92 Å². The molecule has 120 valence electrons. The molecule has 0 saturated heterocycles. The maximum atomic E-state index is 12.5. The molecule has 0 unspecified atom stereocenters. The van der Waals surface area contributed by atoms with Gasteiger partial charge in [-0.1, -0.05) is 36.4 Å². The maximum Gasteiger partial charge on any atom is 0.261 e. The summed E-state index contributed by atoms with van der Waals surface area (Å²) in [5.74, 6) is 0.671. The molecule has 0 fully saturated rings. The van der Waals surface area contributed by atoms with Crippen molar-refractivity contribution in [3.05, 3.63) is 65.2 Å². The number of carbonyl (C=O) groups is 1. The van der Waals surface area contributed by atoms with Crippen molar-refractivity contribution < 1.29 is 9.53 Å². The summed E-state index contributed by atoms with van der Waals surface area (Å²) in [5.41, 5.74) is 3.71. The molecule has 2 aromatic rings. The highest BCUT2D eigenvalue weighted by atomic mass is 16.5. The lowest BCUT2D eigenvalue weighted by Gasteiger charge is -2.27. The number of benzene rings is 2. The monoisotopic (exact) mass is 309 g/mol. The van der Waals surface area contributed by atoms with E-state index in [-0.39, 0.29) is 11.9 Å². The largest absolute Gasteiger partial charge is 0.481 e. The van der Waals surface area contributed by atoms with Crippen molar-refractivity contribution in [2.24, 2.45) is 0 Å². The van der Waals surface area contributed by atoms with Crippen LogP contribution >= 0.6 is 0 Å². The molecule has 1 aliphatic rings.